The third-order valence-electron chi connectivity index (χ3n) is 4.60. The van der Waals surface area contributed by atoms with Gasteiger partial charge in [0.1, 0.15) is 0 Å². The molecular formula is C19H22F3N5O2. The summed E-state index contributed by atoms with van der Waals surface area (Å²) in [7, 11) is 0. The molecule has 1 amide bonds. The van der Waals surface area contributed by atoms with Gasteiger partial charge in [0.25, 0.3) is 0 Å². The monoisotopic (exact) mass is 409 g/mol. The lowest BCUT2D eigenvalue weighted by molar-refractivity contribution is -0.121. The number of anilines is 1. The highest BCUT2D eigenvalue weighted by Crippen LogP contribution is 2.25. The molecule has 156 valence electrons. The molecule has 29 heavy (non-hydrogen) atoms. The third-order valence-corrected chi connectivity index (χ3v) is 4.60. The third kappa shape index (κ3) is 5.21. The van der Waals surface area contributed by atoms with E-state index in [0.717, 1.165) is 25.8 Å². The van der Waals surface area contributed by atoms with Crippen LogP contribution in [0.2, 0.25) is 0 Å². The molecule has 1 aromatic carbocycles. The second-order valence-electron chi connectivity index (χ2n) is 7.49. The SMILES string of the molecule is CC(C(=O)Nc1cnc(Oc2cc(F)c(F)cc2F)cn1)N1CCNC(C)(C)C1. The molecule has 7 nitrogen and oxygen atoms in total. The molecule has 1 fully saturated rings. The van der Waals surface area contributed by atoms with Crippen LogP contribution in [0.1, 0.15) is 20.8 Å². The summed E-state index contributed by atoms with van der Waals surface area (Å²) in [6.07, 6.45) is 2.38. The Morgan fingerprint density at radius 3 is 2.59 bits per heavy atom. The number of amides is 1. The van der Waals surface area contributed by atoms with Gasteiger partial charge >= 0.3 is 0 Å². The first-order valence-corrected chi connectivity index (χ1v) is 9.09. The van der Waals surface area contributed by atoms with Crippen molar-refractivity contribution in [3.8, 4) is 11.6 Å². The normalized spacial score (nSPS) is 17.6. The zero-order valence-electron chi connectivity index (χ0n) is 16.3. The number of hydrogen-bond acceptors (Lipinski definition) is 6. The van der Waals surface area contributed by atoms with Crippen LogP contribution in [0.25, 0.3) is 0 Å². The van der Waals surface area contributed by atoms with Crippen LogP contribution < -0.4 is 15.4 Å². The van der Waals surface area contributed by atoms with Crippen LogP contribution in [-0.4, -0.2) is 52.0 Å². The van der Waals surface area contributed by atoms with Crippen molar-refractivity contribution in [3.05, 3.63) is 42.0 Å². The minimum absolute atomic E-state index is 0.0827. The zero-order chi connectivity index (χ0) is 21.2. The van der Waals surface area contributed by atoms with E-state index in [-0.39, 0.29) is 29.2 Å². The molecule has 0 spiro atoms. The standard InChI is InChI=1S/C19H22F3N5O2/c1-11(27-5-4-25-19(2,3)10-27)18(28)26-16-8-24-17(9-23-16)29-15-7-13(21)12(20)6-14(15)22/h6-9,11,25H,4-5,10H2,1-3H3,(H,23,26,28). The average molecular weight is 409 g/mol. The Hall–Kier alpha value is -2.72. The van der Waals surface area contributed by atoms with Gasteiger partial charge in [0.15, 0.2) is 29.0 Å². The van der Waals surface area contributed by atoms with Gasteiger partial charge in [0.2, 0.25) is 11.8 Å². The minimum Gasteiger partial charge on any atom is -0.434 e. The van der Waals surface area contributed by atoms with Crippen LogP contribution in [0.15, 0.2) is 24.5 Å². The summed E-state index contributed by atoms with van der Waals surface area (Å²) >= 11 is 0. The lowest BCUT2D eigenvalue weighted by atomic mass is 10.0. The van der Waals surface area contributed by atoms with Crippen molar-refractivity contribution in [1.29, 1.82) is 0 Å². The molecule has 1 atom stereocenters. The van der Waals surface area contributed by atoms with Crippen LogP contribution in [0.3, 0.4) is 0 Å². The van der Waals surface area contributed by atoms with E-state index < -0.39 is 23.2 Å². The van der Waals surface area contributed by atoms with Gasteiger partial charge in [-0.3, -0.25) is 9.69 Å². The van der Waals surface area contributed by atoms with E-state index in [1.54, 1.807) is 0 Å². The molecule has 1 aromatic heterocycles. The van der Waals surface area contributed by atoms with Gasteiger partial charge in [-0.05, 0) is 20.8 Å². The predicted octanol–water partition coefficient (Wildman–Crippen LogP) is 2.70. The van der Waals surface area contributed by atoms with E-state index in [0.29, 0.717) is 12.1 Å². The van der Waals surface area contributed by atoms with E-state index in [9.17, 15) is 18.0 Å². The minimum atomic E-state index is -1.32. The largest absolute Gasteiger partial charge is 0.434 e. The molecule has 2 heterocycles. The Morgan fingerprint density at radius 1 is 1.21 bits per heavy atom. The van der Waals surface area contributed by atoms with Crippen molar-refractivity contribution in [1.82, 2.24) is 20.2 Å². The average Bonchev–Trinajstić information content (AvgIpc) is 2.66. The molecule has 1 aliphatic rings. The summed E-state index contributed by atoms with van der Waals surface area (Å²) in [4.78, 5) is 22.5. The summed E-state index contributed by atoms with van der Waals surface area (Å²) in [5.41, 5.74) is -0.0827. The first-order valence-electron chi connectivity index (χ1n) is 9.09. The maximum Gasteiger partial charge on any atom is 0.242 e. The van der Waals surface area contributed by atoms with Gasteiger partial charge in [0, 0.05) is 37.3 Å². The van der Waals surface area contributed by atoms with Crippen molar-refractivity contribution in [2.24, 2.45) is 0 Å². The number of carbonyl (C=O) groups excluding carboxylic acids is 1. The molecule has 1 saturated heterocycles. The Balaban J connectivity index is 1.61. The summed E-state index contributed by atoms with van der Waals surface area (Å²) in [5, 5.41) is 6.06. The van der Waals surface area contributed by atoms with Gasteiger partial charge < -0.3 is 15.4 Å². The fourth-order valence-corrected chi connectivity index (χ4v) is 3.04. The van der Waals surface area contributed by atoms with Gasteiger partial charge in [-0.15, -0.1) is 0 Å². The molecule has 10 heteroatoms. The van der Waals surface area contributed by atoms with Crippen LogP contribution in [0.5, 0.6) is 11.6 Å². The second kappa shape index (κ2) is 8.34. The van der Waals surface area contributed by atoms with Gasteiger partial charge in [-0.25, -0.2) is 23.1 Å². The Labute approximate surface area is 166 Å². The Bertz CT molecular complexity index is 892. The number of carbonyl (C=O) groups is 1. The first-order chi connectivity index (χ1) is 13.6. The van der Waals surface area contributed by atoms with Crippen LogP contribution >= 0.6 is 0 Å². The van der Waals surface area contributed by atoms with Crippen molar-refractivity contribution in [2.75, 3.05) is 25.0 Å². The number of halogens is 3. The number of ether oxygens (including phenoxy) is 1. The van der Waals surface area contributed by atoms with Crippen LogP contribution in [0, 0.1) is 17.5 Å². The van der Waals surface area contributed by atoms with Crippen LogP contribution in [0.4, 0.5) is 19.0 Å². The summed E-state index contributed by atoms with van der Waals surface area (Å²) in [5.74, 6) is -4.35. The molecule has 0 radical (unpaired) electrons. The van der Waals surface area contributed by atoms with Crippen molar-refractivity contribution >= 4 is 11.7 Å². The van der Waals surface area contributed by atoms with E-state index in [1.165, 1.54) is 6.20 Å². The van der Waals surface area contributed by atoms with Gasteiger partial charge in [-0.2, -0.15) is 0 Å². The molecule has 1 aliphatic heterocycles. The molecule has 1 unspecified atom stereocenters. The molecule has 0 bridgehead atoms. The number of hydrogen-bond donors (Lipinski definition) is 2. The van der Waals surface area contributed by atoms with Crippen LogP contribution in [-0.2, 0) is 4.79 Å². The fourth-order valence-electron chi connectivity index (χ4n) is 3.04. The van der Waals surface area contributed by atoms with Crippen molar-refractivity contribution in [3.63, 3.8) is 0 Å². The number of rotatable bonds is 5. The van der Waals surface area contributed by atoms with Gasteiger partial charge in [0.05, 0.1) is 18.4 Å². The molecule has 2 aromatic rings. The maximum absolute atomic E-state index is 13.6. The molecular weight excluding hydrogens is 387 g/mol. The smallest absolute Gasteiger partial charge is 0.242 e. The fraction of sp³-hybridized carbons (Fsp3) is 0.421. The molecule has 2 N–H and O–H groups in total. The molecule has 0 saturated carbocycles. The van der Waals surface area contributed by atoms with E-state index >= 15 is 0 Å². The zero-order valence-corrected chi connectivity index (χ0v) is 16.3. The number of nitrogens with one attached hydrogen (secondary N) is 2. The lowest BCUT2D eigenvalue weighted by Crippen LogP contribution is -2.60. The van der Waals surface area contributed by atoms with E-state index in [2.05, 4.69) is 39.3 Å². The summed E-state index contributed by atoms with van der Waals surface area (Å²) in [6, 6.07) is 0.592. The lowest BCUT2D eigenvalue weighted by Gasteiger charge is -2.41. The number of nitrogens with zero attached hydrogens (tertiary/aromatic N) is 3. The number of piperazine rings is 1. The summed E-state index contributed by atoms with van der Waals surface area (Å²) < 4.78 is 44.9. The second-order valence-corrected chi connectivity index (χ2v) is 7.49. The number of benzene rings is 1. The maximum atomic E-state index is 13.6. The highest BCUT2D eigenvalue weighted by molar-refractivity contribution is 5.93. The summed E-state index contributed by atoms with van der Waals surface area (Å²) in [6.45, 7) is 8.22. The van der Waals surface area contributed by atoms with E-state index in [1.807, 2.05) is 6.92 Å². The molecule has 3 rings (SSSR count). The van der Waals surface area contributed by atoms with Crippen molar-refractivity contribution < 1.29 is 22.7 Å². The van der Waals surface area contributed by atoms with E-state index in [4.69, 9.17) is 4.74 Å². The first kappa shape index (κ1) is 21.0. The van der Waals surface area contributed by atoms with Gasteiger partial charge in [-0.1, -0.05) is 0 Å². The van der Waals surface area contributed by atoms with Crippen molar-refractivity contribution in [2.45, 2.75) is 32.4 Å². The topological polar surface area (TPSA) is 79.4 Å². The number of aromatic nitrogens is 2. The highest BCUT2D eigenvalue weighted by Gasteiger charge is 2.31. The highest BCUT2D eigenvalue weighted by atomic mass is 19.2. The Kier molecular flexibility index (Phi) is 6.04. The quantitative estimate of drug-likeness (QED) is 0.740. The predicted molar refractivity (Wildman–Crippen MR) is 100 cm³/mol. The Morgan fingerprint density at radius 2 is 1.93 bits per heavy atom. The molecule has 0 aliphatic carbocycles.